The van der Waals surface area contributed by atoms with Crippen LogP contribution < -0.4 is 5.32 Å². The second-order valence-electron chi connectivity index (χ2n) is 3.97. The molecule has 19 heavy (non-hydrogen) atoms. The summed E-state index contributed by atoms with van der Waals surface area (Å²) in [6, 6.07) is 0. The lowest BCUT2D eigenvalue weighted by Crippen LogP contribution is -2.36. The lowest BCUT2D eigenvalue weighted by molar-refractivity contribution is -0.127. The second kappa shape index (κ2) is 5.54. The van der Waals surface area contributed by atoms with Crippen molar-refractivity contribution in [1.82, 2.24) is 9.88 Å². The third-order valence-corrected chi connectivity index (χ3v) is 4.15. The van der Waals surface area contributed by atoms with Gasteiger partial charge in [-0.3, -0.25) is 19.3 Å². The van der Waals surface area contributed by atoms with Crippen molar-refractivity contribution in [3.63, 3.8) is 0 Å². The summed E-state index contributed by atoms with van der Waals surface area (Å²) < 4.78 is 0. The average Bonchev–Trinajstić information content (AvgIpc) is 2.92. The normalized spacial score (nSPS) is 15.1. The van der Waals surface area contributed by atoms with Gasteiger partial charge in [0.05, 0.1) is 4.91 Å². The molecular weight excluding hydrogens is 286 g/mol. The van der Waals surface area contributed by atoms with Gasteiger partial charge in [0.15, 0.2) is 5.13 Å². The topological polar surface area (TPSA) is 79.4 Å². The zero-order valence-electron chi connectivity index (χ0n) is 10.3. The van der Waals surface area contributed by atoms with E-state index in [1.807, 2.05) is 0 Å². The molecule has 0 aliphatic carbocycles. The Morgan fingerprint density at radius 2 is 2.16 bits per heavy atom. The second-order valence-corrected chi connectivity index (χ2v) is 5.83. The molecule has 1 fully saturated rings. The van der Waals surface area contributed by atoms with Gasteiger partial charge in [-0.2, -0.15) is 0 Å². The highest BCUT2D eigenvalue weighted by Crippen LogP contribution is 2.32. The highest BCUT2D eigenvalue weighted by atomic mass is 32.2. The number of carbonyl (C=O) groups excluding carboxylic acids is 3. The number of nitrogens with zero attached hydrogens (tertiary/aromatic N) is 2. The van der Waals surface area contributed by atoms with Crippen LogP contribution in [0.2, 0.25) is 0 Å². The molecule has 0 radical (unpaired) electrons. The molecule has 2 rings (SSSR count). The summed E-state index contributed by atoms with van der Waals surface area (Å²) in [6.07, 6.45) is 1.56. The number of allylic oxidation sites excluding steroid dienone is 1. The van der Waals surface area contributed by atoms with Crippen molar-refractivity contribution in [3.05, 3.63) is 22.1 Å². The van der Waals surface area contributed by atoms with Crippen molar-refractivity contribution in [2.45, 2.75) is 13.8 Å². The fraction of sp³-hybridized carbons (Fsp3) is 0.273. The molecule has 0 bridgehead atoms. The predicted octanol–water partition coefficient (Wildman–Crippen LogP) is 2.07. The van der Waals surface area contributed by atoms with Crippen LogP contribution in [0.15, 0.2) is 22.1 Å². The molecule has 1 aliphatic heterocycles. The van der Waals surface area contributed by atoms with Crippen LogP contribution in [0.5, 0.6) is 0 Å². The molecule has 0 spiro atoms. The molecule has 2 heterocycles. The van der Waals surface area contributed by atoms with E-state index in [0.717, 1.165) is 22.2 Å². The number of nitrogens with one attached hydrogen (secondary N) is 1. The molecule has 3 amide bonds. The van der Waals surface area contributed by atoms with E-state index in [4.69, 9.17) is 0 Å². The molecule has 100 valence electrons. The quantitative estimate of drug-likeness (QED) is 0.864. The lowest BCUT2D eigenvalue weighted by atomic mass is 10.3. The van der Waals surface area contributed by atoms with E-state index in [-0.39, 0.29) is 6.54 Å². The number of amides is 3. The Morgan fingerprint density at radius 1 is 1.42 bits per heavy atom. The highest BCUT2D eigenvalue weighted by molar-refractivity contribution is 8.18. The number of aromatic nitrogens is 1. The van der Waals surface area contributed by atoms with Gasteiger partial charge in [0.25, 0.3) is 11.1 Å². The first-order valence-electron chi connectivity index (χ1n) is 5.39. The van der Waals surface area contributed by atoms with Gasteiger partial charge in [-0.25, -0.2) is 4.98 Å². The van der Waals surface area contributed by atoms with E-state index < -0.39 is 17.1 Å². The minimum Gasteiger partial charge on any atom is -0.300 e. The van der Waals surface area contributed by atoms with Crippen LogP contribution in [0.25, 0.3) is 0 Å². The summed E-state index contributed by atoms with van der Waals surface area (Å²) in [5.41, 5.74) is 0.770. The zero-order chi connectivity index (χ0) is 14.0. The van der Waals surface area contributed by atoms with E-state index in [0.29, 0.717) is 10.0 Å². The summed E-state index contributed by atoms with van der Waals surface area (Å²) >= 11 is 2.13. The number of rotatable bonds is 3. The van der Waals surface area contributed by atoms with E-state index in [1.165, 1.54) is 11.3 Å². The molecule has 1 N–H and O–H groups in total. The first kappa shape index (κ1) is 13.8. The van der Waals surface area contributed by atoms with Crippen molar-refractivity contribution in [3.8, 4) is 0 Å². The number of thiazole rings is 1. The number of hydrogen-bond acceptors (Lipinski definition) is 6. The van der Waals surface area contributed by atoms with Crippen LogP contribution in [0, 0.1) is 0 Å². The van der Waals surface area contributed by atoms with Crippen molar-refractivity contribution in [2.75, 3.05) is 11.9 Å². The van der Waals surface area contributed by atoms with E-state index in [1.54, 1.807) is 25.4 Å². The van der Waals surface area contributed by atoms with Crippen LogP contribution in [-0.2, 0) is 9.59 Å². The number of thioether (sulfide) groups is 1. The van der Waals surface area contributed by atoms with Gasteiger partial charge in [-0.1, -0.05) is 5.57 Å². The molecular formula is C11H11N3O3S2. The summed E-state index contributed by atoms with van der Waals surface area (Å²) in [5, 5.41) is 4.28. The summed E-state index contributed by atoms with van der Waals surface area (Å²) in [4.78, 5) is 40.6. The Bertz CT molecular complexity index is 562. The minimum absolute atomic E-state index is 0.291. The Morgan fingerprint density at radius 3 is 2.68 bits per heavy atom. The zero-order valence-corrected chi connectivity index (χ0v) is 11.9. The average molecular weight is 297 g/mol. The molecule has 0 aromatic carbocycles. The monoisotopic (exact) mass is 297 g/mol. The van der Waals surface area contributed by atoms with Gasteiger partial charge < -0.3 is 5.32 Å². The Hall–Kier alpha value is -1.67. The maximum atomic E-state index is 11.9. The third-order valence-electron chi connectivity index (χ3n) is 2.28. The Balaban J connectivity index is 2.03. The predicted molar refractivity (Wildman–Crippen MR) is 73.8 cm³/mol. The summed E-state index contributed by atoms with van der Waals surface area (Å²) in [5.74, 6) is -0.850. The van der Waals surface area contributed by atoms with Crippen LogP contribution in [0.1, 0.15) is 13.8 Å². The van der Waals surface area contributed by atoms with Crippen LogP contribution >= 0.6 is 23.1 Å². The van der Waals surface area contributed by atoms with Crippen molar-refractivity contribution < 1.29 is 14.4 Å². The first-order chi connectivity index (χ1) is 8.99. The Labute approximate surface area is 117 Å². The molecule has 0 saturated carbocycles. The van der Waals surface area contributed by atoms with E-state index in [2.05, 4.69) is 10.3 Å². The molecule has 6 nitrogen and oxygen atoms in total. The van der Waals surface area contributed by atoms with Crippen molar-refractivity contribution in [1.29, 1.82) is 0 Å². The van der Waals surface area contributed by atoms with Gasteiger partial charge in [0, 0.05) is 11.6 Å². The van der Waals surface area contributed by atoms with Crippen LogP contribution in [-0.4, -0.2) is 33.5 Å². The summed E-state index contributed by atoms with van der Waals surface area (Å²) in [6.45, 7) is 3.22. The van der Waals surface area contributed by atoms with Gasteiger partial charge >= 0.3 is 0 Å². The maximum Gasteiger partial charge on any atom is 0.294 e. The van der Waals surface area contributed by atoms with Gasteiger partial charge in [0.2, 0.25) is 5.91 Å². The van der Waals surface area contributed by atoms with E-state index >= 15 is 0 Å². The molecule has 0 unspecified atom stereocenters. The molecule has 8 heteroatoms. The molecule has 1 saturated heterocycles. The fourth-order valence-corrected chi connectivity index (χ4v) is 2.81. The van der Waals surface area contributed by atoms with Crippen LogP contribution in [0.4, 0.5) is 9.93 Å². The first-order valence-corrected chi connectivity index (χ1v) is 7.09. The number of imide groups is 1. The number of hydrogen-bond donors (Lipinski definition) is 1. The summed E-state index contributed by atoms with van der Waals surface area (Å²) in [7, 11) is 0. The smallest absolute Gasteiger partial charge is 0.294 e. The van der Waals surface area contributed by atoms with Gasteiger partial charge in [0.1, 0.15) is 6.54 Å². The van der Waals surface area contributed by atoms with Crippen LogP contribution in [0.3, 0.4) is 0 Å². The van der Waals surface area contributed by atoms with Gasteiger partial charge in [-0.05, 0) is 25.6 Å². The number of anilines is 1. The molecule has 0 atom stereocenters. The minimum atomic E-state index is -0.438. The fourth-order valence-electron chi connectivity index (χ4n) is 1.43. The molecule has 1 aromatic heterocycles. The molecule has 1 aromatic rings. The van der Waals surface area contributed by atoms with Gasteiger partial charge in [-0.15, -0.1) is 11.3 Å². The highest BCUT2D eigenvalue weighted by Gasteiger charge is 2.36. The SMILES string of the molecule is CC(C)=C1SC(=O)N(CC(=O)Nc2nccs2)C1=O. The Kier molecular flexibility index (Phi) is 4.01. The largest absolute Gasteiger partial charge is 0.300 e. The van der Waals surface area contributed by atoms with Crippen molar-refractivity contribution in [2.24, 2.45) is 0 Å². The molecule has 1 aliphatic rings. The van der Waals surface area contributed by atoms with E-state index in [9.17, 15) is 14.4 Å². The number of carbonyl (C=O) groups is 3. The standard InChI is InChI=1S/C11H11N3O3S2/c1-6(2)8-9(16)14(11(17)19-8)5-7(15)13-10-12-3-4-18-10/h3-4H,5H2,1-2H3,(H,12,13,15). The lowest BCUT2D eigenvalue weighted by Gasteiger charge is -2.11. The van der Waals surface area contributed by atoms with Crippen molar-refractivity contribution >= 4 is 45.3 Å². The maximum absolute atomic E-state index is 11.9. The third kappa shape index (κ3) is 3.02.